The number of carbonyl (C=O) groups is 1. The van der Waals surface area contributed by atoms with Crippen LogP contribution in [0, 0.1) is 11.6 Å². The predicted molar refractivity (Wildman–Crippen MR) is 102 cm³/mol. The van der Waals surface area contributed by atoms with E-state index in [1.807, 2.05) is 4.90 Å². The molecule has 1 N–H and O–H groups in total. The Hall–Kier alpha value is -2.69. The van der Waals surface area contributed by atoms with Gasteiger partial charge in [0, 0.05) is 36.1 Å². The van der Waals surface area contributed by atoms with E-state index < -0.39 is 0 Å². The molecule has 140 valence electrons. The van der Waals surface area contributed by atoms with Crippen LogP contribution in [-0.2, 0) is 11.2 Å². The molecule has 0 aliphatic carbocycles. The second kappa shape index (κ2) is 7.51. The van der Waals surface area contributed by atoms with Crippen LogP contribution >= 0.6 is 0 Å². The fraction of sp³-hybridized carbons (Fsp3) is 0.318. The first-order valence-electron chi connectivity index (χ1n) is 9.45. The number of aromatic nitrogens is 1. The summed E-state index contributed by atoms with van der Waals surface area (Å²) in [7, 11) is 0. The summed E-state index contributed by atoms with van der Waals surface area (Å²) in [5, 5.41) is 0.778. The monoisotopic (exact) mass is 368 g/mol. The number of benzene rings is 2. The Bertz CT molecular complexity index is 956. The molecule has 0 spiro atoms. The molecule has 0 atom stereocenters. The van der Waals surface area contributed by atoms with Crippen LogP contribution in [0.4, 0.5) is 8.78 Å². The zero-order valence-electron chi connectivity index (χ0n) is 15.1. The number of nitrogens with zero attached hydrogens (tertiary/aromatic N) is 1. The van der Waals surface area contributed by atoms with Crippen molar-refractivity contribution in [1.82, 2.24) is 9.88 Å². The van der Waals surface area contributed by atoms with Crippen molar-refractivity contribution in [2.45, 2.75) is 32.1 Å². The van der Waals surface area contributed by atoms with Gasteiger partial charge in [-0.1, -0.05) is 0 Å². The standard InChI is InChI=1S/C22H22F2N2O/c23-16-6-4-15(5-7-16)22-18(19-14-17(24)8-10-20(19)25-22)9-11-21(27)26-12-2-1-3-13-26/h4-8,10,14,25H,1-3,9,11-13H2. The van der Waals surface area contributed by atoms with Gasteiger partial charge < -0.3 is 9.88 Å². The van der Waals surface area contributed by atoms with Crippen LogP contribution < -0.4 is 0 Å². The summed E-state index contributed by atoms with van der Waals surface area (Å²) in [5.41, 5.74) is 3.37. The number of aryl methyl sites for hydroxylation is 1. The maximum atomic E-state index is 13.8. The summed E-state index contributed by atoms with van der Waals surface area (Å²) in [6.45, 7) is 1.65. The van der Waals surface area contributed by atoms with Gasteiger partial charge in [-0.25, -0.2) is 8.78 Å². The van der Waals surface area contributed by atoms with Gasteiger partial charge in [-0.3, -0.25) is 4.79 Å². The average molecular weight is 368 g/mol. The molecule has 2 aromatic carbocycles. The molecule has 3 aromatic rings. The number of halogens is 2. The molecule has 3 nitrogen and oxygen atoms in total. The first-order chi connectivity index (χ1) is 13.1. The van der Waals surface area contributed by atoms with Crippen molar-refractivity contribution in [3.05, 3.63) is 59.7 Å². The highest BCUT2D eigenvalue weighted by molar-refractivity contribution is 5.91. The molecule has 5 heteroatoms. The largest absolute Gasteiger partial charge is 0.354 e. The minimum absolute atomic E-state index is 0.144. The van der Waals surface area contributed by atoms with E-state index in [4.69, 9.17) is 0 Å². The number of likely N-dealkylation sites (tertiary alicyclic amines) is 1. The maximum Gasteiger partial charge on any atom is 0.222 e. The number of aromatic amines is 1. The summed E-state index contributed by atoms with van der Waals surface area (Å²) in [4.78, 5) is 17.8. The number of nitrogens with one attached hydrogen (secondary N) is 1. The van der Waals surface area contributed by atoms with Crippen molar-refractivity contribution < 1.29 is 13.6 Å². The number of hydrogen-bond donors (Lipinski definition) is 1. The number of rotatable bonds is 4. The van der Waals surface area contributed by atoms with E-state index in [0.717, 1.165) is 53.7 Å². The Kier molecular flexibility index (Phi) is 4.92. The van der Waals surface area contributed by atoms with E-state index >= 15 is 0 Å². The van der Waals surface area contributed by atoms with Gasteiger partial charge in [0.1, 0.15) is 11.6 Å². The van der Waals surface area contributed by atoms with Gasteiger partial charge in [-0.15, -0.1) is 0 Å². The van der Waals surface area contributed by atoms with Crippen molar-refractivity contribution in [1.29, 1.82) is 0 Å². The molecule has 1 fully saturated rings. The molecule has 0 bridgehead atoms. The van der Waals surface area contributed by atoms with E-state index in [-0.39, 0.29) is 17.5 Å². The topological polar surface area (TPSA) is 36.1 Å². The van der Waals surface area contributed by atoms with Gasteiger partial charge >= 0.3 is 0 Å². The fourth-order valence-corrected chi connectivity index (χ4v) is 3.88. The van der Waals surface area contributed by atoms with Crippen LogP contribution in [0.1, 0.15) is 31.2 Å². The number of piperidine rings is 1. The van der Waals surface area contributed by atoms with Crippen LogP contribution in [0.3, 0.4) is 0 Å². The highest BCUT2D eigenvalue weighted by Crippen LogP contribution is 2.32. The fourth-order valence-electron chi connectivity index (χ4n) is 3.88. The third-order valence-electron chi connectivity index (χ3n) is 5.30. The molecule has 1 aromatic heterocycles. The smallest absolute Gasteiger partial charge is 0.222 e. The van der Waals surface area contributed by atoms with E-state index in [2.05, 4.69) is 4.98 Å². The molecular weight excluding hydrogens is 346 g/mol. The molecule has 0 saturated carbocycles. The van der Waals surface area contributed by atoms with Gasteiger partial charge in [-0.2, -0.15) is 0 Å². The Labute approximate surface area is 157 Å². The molecule has 0 radical (unpaired) electrons. The second-order valence-corrected chi connectivity index (χ2v) is 7.12. The molecule has 1 amide bonds. The lowest BCUT2D eigenvalue weighted by molar-refractivity contribution is -0.132. The van der Waals surface area contributed by atoms with E-state index in [9.17, 15) is 13.6 Å². The normalized spacial score (nSPS) is 14.7. The second-order valence-electron chi connectivity index (χ2n) is 7.12. The molecular formula is C22H22F2N2O. The first kappa shape index (κ1) is 17.7. The minimum atomic E-state index is -0.309. The van der Waals surface area contributed by atoms with Crippen LogP contribution in [0.25, 0.3) is 22.2 Å². The van der Waals surface area contributed by atoms with Crippen molar-refractivity contribution in [2.24, 2.45) is 0 Å². The van der Waals surface area contributed by atoms with Crippen LogP contribution in [-0.4, -0.2) is 28.9 Å². The Balaban J connectivity index is 1.66. The number of carbonyl (C=O) groups excluding carboxylic acids is 1. The lowest BCUT2D eigenvalue weighted by atomic mass is 10.0. The molecule has 1 aliphatic rings. The minimum Gasteiger partial charge on any atom is -0.354 e. The molecule has 1 aliphatic heterocycles. The van der Waals surface area contributed by atoms with Gasteiger partial charge in [0.15, 0.2) is 0 Å². The number of H-pyrrole nitrogens is 1. The van der Waals surface area contributed by atoms with Crippen LogP contribution in [0.15, 0.2) is 42.5 Å². The summed E-state index contributed by atoms with van der Waals surface area (Å²) in [5.74, 6) is -0.469. The summed E-state index contributed by atoms with van der Waals surface area (Å²) >= 11 is 0. The van der Waals surface area contributed by atoms with E-state index in [1.165, 1.54) is 30.7 Å². The lowest BCUT2D eigenvalue weighted by Crippen LogP contribution is -2.35. The first-order valence-corrected chi connectivity index (χ1v) is 9.45. The number of fused-ring (bicyclic) bond motifs is 1. The van der Waals surface area contributed by atoms with Crippen molar-refractivity contribution >= 4 is 16.8 Å². The van der Waals surface area contributed by atoms with Gasteiger partial charge in [0.05, 0.1) is 0 Å². The summed E-state index contributed by atoms with van der Waals surface area (Å²) in [6, 6.07) is 10.8. The molecule has 27 heavy (non-hydrogen) atoms. The predicted octanol–water partition coefficient (Wildman–Crippen LogP) is 5.06. The van der Waals surface area contributed by atoms with Gasteiger partial charge in [0.2, 0.25) is 5.91 Å². The number of amides is 1. The Morgan fingerprint density at radius 2 is 1.67 bits per heavy atom. The van der Waals surface area contributed by atoms with Crippen molar-refractivity contribution in [2.75, 3.05) is 13.1 Å². The SMILES string of the molecule is O=C(CCc1c(-c2ccc(F)cc2)[nH]c2ccc(F)cc12)N1CCCCC1. The zero-order valence-corrected chi connectivity index (χ0v) is 15.1. The lowest BCUT2D eigenvalue weighted by Gasteiger charge is -2.26. The summed E-state index contributed by atoms with van der Waals surface area (Å²) in [6.07, 6.45) is 4.21. The van der Waals surface area contributed by atoms with Gasteiger partial charge in [-0.05, 0) is 79.3 Å². The molecule has 4 rings (SSSR count). The van der Waals surface area contributed by atoms with Crippen LogP contribution in [0.5, 0.6) is 0 Å². The molecule has 0 unspecified atom stereocenters. The maximum absolute atomic E-state index is 13.8. The Morgan fingerprint density at radius 1 is 0.963 bits per heavy atom. The highest BCUT2D eigenvalue weighted by atomic mass is 19.1. The highest BCUT2D eigenvalue weighted by Gasteiger charge is 2.19. The van der Waals surface area contributed by atoms with Gasteiger partial charge in [0.25, 0.3) is 0 Å². The third kappa shape index (κ3) is 3.72. The average Bonchev–Trinajstić information content (AvgIpc) is 3.05. The number of hydrogen-bond acceptors (Lipinski definition) is 1. The van der Waals surface area contributed by atoms with Crippen molar-refractivity contribution in [3.8, 4) is 11.3 Å². The van der Waals surface area contributed by atoms with E-state index in [1.54, 1.807) is 18.2 Å². The molecule has 1 saturated heterocycles. The van der Waals surface area contributed by atoms with Crippen LogP contribution in [0.2, 0.25) is 0 Å². The quantitative estimate of drug-likeness (QED) is 0.687. The molecule has 2 heterocycles. The zero-order chi connectivity index (χ0) is 18.8. The Morgan fingerprint density at radius 3 is 2.41 bits per heavy atom. The van der Waals surface area contributed by atoms with Crippen molar-refractivity contribution in [3.63, 3.8) is 0 Å². The third-order valence-corrected chi connectivity index (χ3v) is 5.30. The van der Waals surface area contributed by atoms with E-state index in [0.29, 0.717) is 12.8 Å². The summed E-state index contributed by atoms with van der Waals surface area (Å²) < 4.78 is 27.1.